The van der Waals surface area contributed by atoms with Crippen LogP contribution in [0.5, 0.6) is 0 Å². The lowest BCUT2D eigenvalue weighted by Crippen LogP contribution is -2.47. The number of alkyl halides is 3. The molecule has 15 heavy (non-hydrogen) atoms. The number of carbonyl (C=O) groups excluding carboxylic acids is 1. The van der Waals surface area contributed by atoms with Crippen LogP contribution in [-0.2, 0) is 4.79 Å². The first-order chi connectivity index (χ1) is 6.89. The van der Waals surface area contributed by atoms with Gasteiger partial charge in [-0.3, -0.25) is 4.79 Å². The van der Waals surface area contributed by atoms with Gasteiger partial charge in [0.15, 0.2) is 0 Å². The number of halogens is 3. The third-order valence-electron chi connectivity index (χ3n) is 2.52. The molecule has 0 unspecified atom stereocenters. The van der Waals surface area contributed by atoms with Gasteiger partial charge >= 0.3 is 6.30 Å². The summed E-state index contributed by atoms with van der Waals surface area (Å²) in [5.74, 6) is -0.289. The fraction of sp³-hybridized carbons (Fsp3) is 0.889. The number of piperidine rings is 1. The van der Waals surface area contributed by atoms with E-state index in [0.717, 1.165) is 6.42 Å². The van der Waals surface area contributed by atoms with Crippen LogP contribution in [0.3, 0.4) is 0 Å². The van der Waals surface area contributed by atoms with Crippen molar-refractivity contribution in [2.24, 2.45) is 5.92 Å². The molecule has 1 aliphatic heterocycles. The molecule has 6 heteroatoms. The van der Waals surface area contributed by atoms with E-state index >= 15 is 0 Å². The van der Waals surface area contributed by atoms with E-state index in [1.54, 1.807) is 0 Å². The van der Waals surface area contributed by atoms with Crippen molar-refractivity contribution in [3.05, 3.63) is 0 Å². The topological polar surface area (TPSA) is 32.3 Å². The molecule has 0 spiro atoms. The van der Waals surface area contributed by atoms with Gasteiger partial charge in [-0.2, -0.15) is 13.2 Å². The van der Waals surface area contributed by atoms with Gasteiger partial charge in [0, 0.05) is 26.6 Å². The van der Waals surface area contributed by atoms with E-state index in [9.17, 15) is 18.0 Å². The van der Waals surface area contributed by atoms with Crippen molar-refractivity contribution in [1.29, 1.82) is 0 Å². The molecular weight excluding hydrogens is 209 g/mol. The molecule has 0 aromatic heterocycles. The molecule has 3 nitrogen and oxygen atoms in total. The van der Waals surface area contributed by atoms with Gasteiger partial charge in [-0.05, 0) is 18.8 Å². The van der Waals surface area contributed by atoms with Gasteiger partial charge in [-0.1, -0.05) is 0 Å². The van der Waals surface area contributed by atoms with E-state index in [2.05, 4.69) is 5.32 Å². The van der Waals surface area contributed by atoms with Crippen molar-refractivity contribution < 1.29 is 18.0 Å². The predicted octanol–water partition coefficient (Wildman–Crippen LogP) is 1.35. The first-order valence-corrected chi connectivity index (χ1v) is 4.96. The van der Waals surface area contributed by atoms with Crippen LogP contribution in [0.1, 0.15) is 19.8 Å². The summed E-state index contributed by atoms with van der Waals surface area (Å²) in [6, 6.07) is 0. The van der Waals surface area contributed by atoms with Crippen LogP contribution in [0.15, 0.2) is 0 Å². The van der Waals surface area contributed by atoms with Crippen molar-refractivity contribution in [3.63, 3.8) is 0 Å². The molecule has 1 heterocycles. The largest absolute Gasteiger partial charge is 0.459 e. The number of nitrogens with zero attached hydrogens (tertiary/aromatic N) is 1. The van der Waals surface area contributed by atoms with E-state index in [1.165, 1.54) is 6.92 Å². The highest BCUT2D eigenvalue weighted by Crippen LogP contribution is 2.27. The smallest absolute Gasteiger partial charge is 0.356 e. The summed E-state index contributed by atoms with van der Waals surface area (Å²) >= 11 is 0. The number of likely N-dealkylation sites (tertiary alicyclic amines) is 1. The average Bonchev–Trinajstić information content (AvgIpc) is 2.14. The molecule has 0 aliphatic carbocycles. The maximum Gasteiger partial charge on any atom is 0.459 e. The second kappa shape index (κ2) is 4.83. The third kappa shape index (κ3) is 4.07. The average molecular weight is 224 g/mol. The van der Waals surface area contributed by atoms with E-state index < -0.39 is 6.30 Å². The Kier molecular flexibility index (Phi) is 3.96. The molecule has 1 atom stereocenters. The predicted molar refractivity (Wildman–Crippen MR) is 49.0 cm³/mol. The Bertz CT molecular complexity index is 230. The van der Waals surface area contributed by atoms with E-state index in [1.807, 2.05) is 0 Å². The highest BCUT2D eigenvalue weighted by molar-refractivity contribution is 5.72. The number of rotatable bonds is 2. The summed E-state index contributed by atoms with van der Waals surface area (Å²) in [5.41, 5.74) is 0. The molecule has 88 valence electrons. The standard InChI is InChI=1S/C9H15F3N2O/c1-7(15)13-5-8-3-2-4-14(6-8)9(10,11)12/h8H,2-6H2,1H3,(H,13,15)/t8-/m1/s1. The van der Waals surface area contributed by atoms with Gasteiger partial charge in [0.1, 0.15) is 0 Å². The maximum absolute atomic E-state index is 12.4. The third-order valence-corrected chi connectivity index (χ3v) is 2.52. The minimum atomic E-state index is -4.24. The molecule has 0 radical (unpaired) electrons. The molecule has 1 N–H and O–H groups in total. The number of nitrogens with one attached hydrogen (secondary N) is 1. The lowest BCUT2D eigenvalue weighted by atomic mass is 9.98. The molecule has 0 aromatic carbocycles. The van der Waals surface area contributed by atoms with Crippen molar-refractivity contribution in [2.75, 3.05) is 19.6 Å². The molecule has 1 fully saturated rings. The summed E-state index contributed by atoms with van der Waals surface area (Å²) in [6.07, 6.45) is -2.97. The summed E-state index contributed by atoms with van der Waals surface area (Å²) < 4.78 is 37.1. The molecule has 0 saturated carbocycles. The molecule has 1 rings (SSSR count). The summed E-state index contributed by atoms with van der Waals surface area (Å²) in [7, 11) is 0. The minimum absolute atomic E-state index is 0.0101. The molecular formula is C9H15F3N2O. The Morgan fingerprint density at radius 3 is 2.73 bits per heavy atom. The van der Waals surface area contributed by atoms with Crippen LogP contribution in [-0.4, -0.2) is 36.7 Å². The lowest BCUT2D eigenvalue weighted by Gasteiger charge is -2.33. The summed E-state index contributed by atoms with van der Waals surface area (Å²) in [4.78, 5) is 11.1. The van der Waals surface area contributed by atoms with Gasteiger partial charge in [0.05, 0.1) is 0 Å². The SMILES string of the molecule is CC(=O)NC[C@H]1CCCN(C(F)(F)F)C1. The zero-order chi connectivity index (χ0) is 11.5. The summed E-state index contributed by atoms with van der Waals surface area (Å²) in [6.45, 7) is 1.76. The minimum Gasteiger partial charge on any atom is -0.356 e. The Balaban J connectivity index is 2.39. The quantitative estimate of drug-likeness (QED) is 0.718. The first-order valence-electron chi connectivity index (χ1n) is 4.96. The number of hydrogen-bond acceptors (Lipinski definition) is 2. The number of carbonyl (C=O) groups is 1. The molecule has 1 amide bonds. The highest BCUT2D eigenvalue weighted by Gasteiger charge is 2.39. The molecule has 0 aromatic rings. The second-order valence-corrected chi connectivity index (χ2v) is 3.86. The van der Waals surface area contributed by atoms with Crippen LogP contribution >= 0.6 is 0 Å². The lowest BCUT2D eigenvalue weighted by molar-refractivity contribution is -0.253. The van der Waals surface area contributed by atoms with Crippen LogP contribution in [0.2, 0.25) is 0 Å². The second-order valence-electron chi connectivity index (χ2n) is 3.86. The van der Waals surface area contributed by atoms with Crippen LogP contribution < -0.4 is 5.32 Å². The van der Waals surface area contributed by atoms with Gasteiger partial charge in [-0.15, -0.1) is 0 Å². The van der Waals surface area contributed by atoms with Gasteiger partial charge < -0.3 is 5.32 Å². The monoisotopic (exact) mass is 224 g/mol. The van der Waals surface area contributed by atoms with Gasteiger partial charge in [0.2, 0.25) is 5.91 Å². The Labute approximate surface area is 86.6 Å². The zero-order valence-corrected chi connectivity index (χ0v) is 8.60. The molecule has 1 aliphatic rings. The molecule has 1 saturated heterocycles. The Morgan fingerprint density at radius 2 is 2.20 bits per heavy atom. The van der Waals surface area contributed by atoms with Gasteiger partial charge in [-0.25, -0.2) is 4.90 Å². The number of hydrogen-bond donors (Lipinski definition) is 1. The van der Waals surface area contributed by atoms with Crippen molar-refractivity contribution in [3.8, 4) is 0 Å². The van der Waals surface area contributed by atoms with Crippen LogP contribution in [0, 0.1) is 5.92 Å². The first kappa shape index (κ1) is 12.3. The van der Waals surface area contributed by atoms with Crippen molar-refractivity contribution >= 4 is 5.91 Å². The zero-order valence-electron chi connectivity index (χ0n) is 8.60. The Hall–Kier alpha value is -0.780. The van der Waals surface area contributed by atoms with E-state index in [-0.39, 0.29) is 24.9 Å². The maximum atomic E-state index is 12.4. The van der Waals surface area contributed by atoms with Crippen molar-refractivity contribution in [2.45, 2.75) is 26.1 Å². The highest BCUT2D eigenvalue weighted by atomic mass is 19.4. The normalized spacial score (nSPS) is 23.9. The van der Waals surface area contributed by atoms with Crippen LogP contribution in [0.4, 0.5) is 13.2 Å². The molecule has 0 bridgehead atoms. The summed E-state index contributed by atoms with van der Waals surface area (Å²) in [5, 5.41) is 2.55. The Morgan fingerprint density at radius 1 is 1.53 bits per heavy atom. The number of amides is 1. The fourth-order valence-electron chi connectivity index (χ4n) is 1.75. The van der Waals surface area contributed by atoms with Crippen molar-refractivity contribution in [1.82, 2.24) is 10.2 Å². The fourth-order valence-corrected chi connectivity index (χ4v) is 1.75. The van der Waals surface area contributed by atoms with Gasteiger partial charge in [0.25, 0.3) is 0 Å². The van der Waals surface area contributed by atoms with Crippen LogP contribution in [0.25, 0.3) is 0 Å². The van der Waals surface area contributed by atoms with E-state index in [0.29, 0.717) is 17.9 Å². The van der Waals surface area contributed by atoms with E-state index in [4.69, 9.17) is 0 Å².